The molecule has 1 aromatic carbocycles. The SMILES string of the molecule is COc1ccc(Nc2nc3c(-c4ccc(C#N)nc4)nccn3n2)cc1Cl. The van der Waals surface area contributed by atoms with Crippen LogP contribution < -0.4 is 10.1 Å². The summed E-state index contributed by atoms with van der Waals surface area (Å²) >= 11 is 6.15. The van der Waals surface area contributed by atoms with Gasteiger partial charge in [0.25, 0.3) is 0 Å². The fourth-order valence-electron chi connectivity index (χ4n) is 2.55. The number of rotatable bonds is 4. The Labute approximate surface area is 159 Å². The average molecular weight is 378 g/mol. The van der Waals surface area contributed by atoms with E-state index in [0.717, 1.165) is 11.3 Å². The number of aromatic nitrogens is 5. The first kappa shape index (κ1) is 16.8. The monoisotopic (exact) mass is 377 g/mol. The number of benzene rings is 1. The molecule has 8 nitrogen and oxygen atoms in total. The fourth-order valence-corrected chi connectivity index (χ4v) is 2.81. The van der Waals surface area contributed by atoms with E-state index in [1.54, 1.807) is 54.5 Å². The summed E-state index contributed by atoms with van der Waals surface area (Å²) in [6, 6.07) is 10.7. The van der Waals surface area contributed by atoms with Gasteiger partial charge < -0.3 is 10.1 Å². The highest BCUT2D eigenvalue weighted by Gasteiger charge is 2.12. The average Bonchev–Trinajstić information content (AvgIpc) is 3.10. The molecular weight excluding hydrogens is 366 g/mol. The van der Waals surface area contributed by atoms with Crippen molar-refractivity contribution >= 4 is 28.9 Å². The van der Waals surface area contributed by atoms with Gasteiger partial charge in [-0.3, -0.25) is 4.98 Å². The van der Waals surface area contributed by atoms with E-state index in [-0.39, 0.29) is 0 Å². The maximum Gasteiger partial charge on any atom is 0.247 e. The molecule has 132 valence electrons. The first-order valence-electron chi connectivity index (χ1n) is 7.86. The Balaban J connectivity index is 1.70. The second-order valence-corrected chi connectivity index (χ2v) is 5.90. The van der Waals surface area contributed by atoms with Crippen LogP contribution in [0, 0.1) is 11.3 Å². The number of nitrogens with one attached hydrogen (secondary N) is 1. The van der Waals surface area contributed by atoms with Gasteiger partial charge in [-0.25, -0.2) is 9.50 Å². The molecule has 0 amide bonds. The van der Waals surface area contributed by atoms with Crippen molar-refractivity contribution in [2.24, 2.45) is 0 Å². The number of ether oxygens (including phenoxy) is 1. The molecule has 0 fully saturated rings. The lowest BCUT2D eigenvalue weighted by Crippen LogP contribution is -1.94. The minimum Gasteiger partial charge on any atom is -0.495 e. The largest absolute Gasteiger partial charge is 0.495 e. The first-order chi connectivity index (χ1) is 13.2. The summed E-state index contributed by atoms with van der Waals surface area (Å²) in [7, 11) is 1.56. The van der Waals surface area contributed by atoms with E-state index in [1.807, 2.05) is 12.1 Å². The first-order valence-corrected chi connectivity index (χ1v) is 8.24. The Morgan fingerprint density at radius 1 is 1.22 bits per heavy atom. The minimum atomic E-state index is 0.339. The molecule has 27 heavy (non-hydrogen) atoms. The number of nitriles is 1. The Hall–Kier alpha value is -3.70. The fraction of sp³-hybridized carbons (Fsp3) is 0.0556. The molecule has 9 heteroatoms. The Kier molecular flexibility index (Phi) is 4.28. The molecule has 0 saturated carbocycles. The van der Waals surface area contributed by atoms with Crippen LogP contribution in [0.3, 0.4) is 0 Å². The zero-order valence-corrected chi connectivity index (χ0v) is 14.8. The van der Waals surface area contributed by atoms with Gasteiger partial charge >= 0.3 is 0 Å². The molecule has 0 radical (unpaired) electrons. The molecule has 4 rings (SSSR count). The normalized spacial score (nSPS) is 10.6. The van der Waals surface area contributed by atoms with Gasteiger partial charge in [-0.2, -0.15) is 10.2 Å². The van der Waals surface area contributed by atoms with Crippen LogP contribution in [-0.2, 0) is 0 Å². The summed E-state index contributed by atoms with van der Waals surface area (Å²) in [4.78, 5) is 13.0. The molecule has 0 unspecified atom stereocenters. The summed E-state index contributed by atoms with van der Waals surface area (Å²) in [5.41, 5.74) is 2.98. The van der Waals surface area contributed by atoms with Gasteiger partial charge in [0.05, 0.1) is 12.1 Å². The molecule has 3 aromatic heterocycles. The van der Waals surface area contributed by atoms with Gasteiger partial charge in [0.15, 0.2) is 5.65 Å². The molecule has 3 heterocycles. The Bertz CT molecular complexity index is 1160. The van der Waals surface area contributed by atoms with Crippen LogP contribution in [0.5, 0.6) is 5.75 Å². The number of fused-ring (bicyclic) bond motifs is 1. The summed E-state index contributed by atoms with van der Waals surface area (Å²) < 4.78 is 6.77. The number of methoxy groups -OCH3 is 1. The van der Waals surface area contributed by atoms with Crippen molar-refractivity contribution in [2.75, 3.05) is 12.4 Å². The van der Waals surface area contributed by atoms with Crippen molar-refractivity contribution in [3.05, 3.63) is 59.6 Å². The van der Waals surface area contributed by atoms with Crippen LogP contribution in [0.15, 0.2) is 48.9 Å². The van der Waals surface area contributed by atoms with Crippen molar-refractivity contribution in [1.29, 1.82) is 5.26 Å². The van der Waals surface area contributed by atoms with Gasteiger partial charge in [-0.15, -0.1) is 5.10 Å². The third-order valence-corrected chi connectivity index (χ3v) is 4.11. The number of hydrogen-bond donors (Lipinski definition) is 1. The molecule has 0 atom stereocenters. The zero-order valence-electron chi connectivity index (χ0n) is 14.1. The second-order valence-electron chi connectivity index (χ2n) is 5.50. The third-order valence-electron chi connectivity index (χ3n) is 3.81. The molecule has 0 spiro atoms. The Morgan fingerprint density at radius 2 is 2.11 bits per heavy atom. The Morgan fingerprint density at radius 3 is 2.81 bits per heavy atom. The molecule has 1 N–H and O–H groups in total. The van der Waals surface area contributed by atoms with Crippen LogP contribution >= 0.6 is 11.6 Å². The molecule has 0 saturated heterocycles. The number of hydrogen-bond acceptors (Lipinski definition) is 7. The quantitative estimate of drug-likeness (QED) is 0.581. The van der Waals surface area contributed by atoms with E-state index in [0.29, 0.717) is 33.8 Å². The van der Waals surface area contributed by atoms with Crippen molar-refractivity contribution in [3.8, 4) is 23.1 Å². The molecule has 0 aliphatic heterocycles. The van der Waals surface area contributed by atoms with E-state index < -0.39 is 0 Å². The predicted octanol–water partition coefficient (Wildman–Crippen LogP) is 3.46. The lowest BCUT2D eigenvalue weighted by Gasteiger charge is -2.05. The molecular formula is C18H12ClN7O. The van der Waals surface area contributed by atoms with Gasteiger partial charge in [0, 0.05) is 29.8 Å². The standard InChI is InChI=1S/C18H12ClN7O/c1-27-15-5-4-12(8-14(15)19)23-18-24-17-16(21-6-7-26(17)25-18)11-2-3-13(9-20)22-10-11/h2-8,10H,1H3,(H,23,25). The van der Waals surface area contributed by atoms with E-state index in [2.05, 4.69) is 25.4 Å². The number of halogens is 1. The maximum atomic E-state index is 8.89. The lowest BCUT2D eigenvalue weighted by atomic mass is 10.2. The van der Waals surface area contributed by atoms with Crippen LogP contribution in [0.1, 0.15) is 5.69 Å². The van der Waals surface area contributed by atoms with Crippen LogP contribution in [0.25, 0.3) is 16.9 Å². The van der Waals surface area contributed by atoms with E-state index in [4.69, 9.17) is 21.6 Å². The van der Waals surface area contributed by atoms with Crippen LogP contribution in [0.2, 0.25) is 5.02 Å². The number of pyridine rings is 1. The van der Waals surface area contributed by atoms with Crippen molar-refractivity contribution in [2.45, 2.75) is 0 Å². The number of nitrogens with zero attached hydrogens (tertiary/aromatic N) is 6. The lowest BCUT2D eigenvalue weighted by molar-refractivity contribution is 0.415. The van der Waals surface area contributed by atoms with E-state index in [9.17, 15) is 0 Å². The number of anilines is 2. The summed E-state index contributed by atoms with van der Waals surface area (Å²) in [6.07, 6.45) is 4.92. The van der Waals surface area contributed by atoms with Gasteiger partial charge in [0.2, 0.25) is 5.95 Å². The highest BCUT2D eigenvalue weighted by molar-refractivity contribution is 6.32. The van der Waals surface area contributed by atoms with Gasteiger partial charge in [-0.1, -0.05) is 11.6 Å². The van der Waals surface area contributed by atoms with Gasteiger partial charge in [-0.05, 0) is 30.3 Å². The summed E-state index contributed by atoms with van der Waals surface area (Å²) in [5, 5.41) is 16.9. The highest BCUT2D eigenvalue weighted by atomic mass is 35.5. The summed E-state index contributed by atoms with van der Waals surface area (Å²) in [5.74, 6) is 0.983. The topological polar surface area (TPSA) is 101 Å². The maximum absolute atomic E-state index is 8.89. The molecule has 0 aliphatic rings. The minimum absolute atomic E-state index is 0.339. The van der Waals surface area contributed by atoms with Crippen LogP contribution in [0.4, 0.5) is 11.6 Å². The molecule has 4 aromatic rings. The van der Waals surface area contributed by atoms with E-state index in [1.165, 1.54) is 0 Å². The van der Waals surface area contributed by atoms with Crippen LogP contribution in [-0.4, -0.2) is 31.7 Å². The van der Waals surface area contributed by atoms with Gasteiger partial charge in [0.1, 0.15) is 23.2 Å². The second kappa shape index (κ2) is 6.90. The summed E-state index contributed by atoms with van der Waals surface area (Å²) in [6.45, 7) is 0. The zero-order chi connectivity index (χ0) is 18.8. The van der Waals surface area contributed by atoms with Crippen molar-refractivity contribution in [1.82, 2.24) is 24.6 Å². The molecule has 0 bridgehead atoms. The third kappa shape index (κ3) is 3.23. The molecule has 0 aliphatic carbocycles. The van der Waals surface area contributed by atoms with Crippen molar-refractivity contribution in [3.63, 3.8) is 0 Å². The van der Waals surface area contributed by atoms with E-state index >= 15 is 0 Å². The smallest absolute Gasteiger partial charge is 0.247 e. The predicted molar refractivity (Wildman–Crippen MR) is 100 cm³/mol. The van der Waals surface area contributed by atoms with Crippen molar-refractivity contribution < 1.29 is 4.74 Å². The highest BCUT2D eigenvalue weighted by Crippen LogP contribution is 2.29.